The smallest absolute Gasteiger partial charge is 0.314 e. The van der Waals surface area contributed by atoms with E-state index in [0.717, 1.165) is 29.1 Å². The average Bonchev–Trinajstić information content (AvgIpc) is 3.17. The van der Waals surface area contributed by atoms with Crippen molar-refractivity contribution in [2.24, 2.45) is 13.0 Å². The number of benzene rings is 1. The van der Waals surface area contributed by atoms with Gasteiger partial charge in [-0.1, -0.05) is 43.7 Å². The van der Waals surface area contributed by atoms with Crippen LogP contribution in [0, 0.1) is 26.7 Å². The molecule has 0 amide bonds. The van der Waals surface area contributed by atoms with Crippen molar-refractivity contribution < 1.29 is 0 Å². The van der Waals surface area contributed by atoms with Crippen LogP contribution in [-0.4, -0.2) is 23.1 Å². The molecule has 29 heavy (non-hydrogen) atoms. The monoisotopic (exact) mass is 393 g/mol. The number of hydrogen-bond donors (Lipinski definition) is 0. The highest BCUT2D eigenvalue weighted by molar-refractivity contribution is 5.76. The Hall–Kier alpha value is -3.09. The maximum Gasteiger partial charge on any atom is 0.332 e. The van der Waals surface area contributed by atoms with E-state index >= 15 is 0 Å². The fourth-order valence-corrected chi connectivity index (χ4v) is 3.91. The van der Waals surface area contributed by atoms with Gasteiger partial charge in [0, 0.05) is 25.0 Å². The zero-order valence-corrected chi connectivity index (χ0v) is 17.9. The summed E-state index contributed by atoms with van der Waals surface area (Å²) in [6.07, 6.45) is 0. The van der Waals surface area contributed by atoms with Gasteiger partial charge in [-0.15, -0.1) is 0 Å². The van der Waals surface area contributed by atoms with E-state index in [9.17, 15) is 9.59 Å². The maximum absolute atomic E-state index is 13.4. The van der Waals surface area contributed by atoms with Gasteiger partial charge < -0.3 is 4.57 Å². The summed E-state index contributed by atoms with van der Waals surface area (Å²) < 4.78 is 6.82. The van der Waals surface area contributed by atoms with E-state index in [1.54, 1.807) is 7.05 Å². The summed E-state index contributed by atoms with van der Waals surface area (Å²) in [6.45, 7) is 11.4. The van der Waals surface area contributed by atoms with E-state index in [0.29, 0.717) is 22.9 Å². The third-order valence-corrected chi connectivity index (χ3v) is 5.64. The second kappa shape index (κ2) is 6.76. The molecule has 0 radical (unpaired) electrons. The quantitative estimate of drug-likeness (QED) is 0.535. The van der Waals surface area contributed by atoms with Crippen molar-refractivity contribution in [2.75, 3.05) is 0 Å². The van der Waals surface area contributed by atoms with Crippen molar-refractivity contribution >= 4 is 16.9 Å². The molecule has 4 rings (SSSR count). The van der Waals surface area contributed by atoms with Crippen LogP contribution in [0.25, 0.3) is 16.9 Å². The molecular weight excluding hydrogens is 366 g/mol. The van der Waals surface area contributed by atoms with Crippen LogP contribution in [0.3, 0.4) is 0 Å². The van der Waals surface area contributed by atoms with Gasteiger partial charge in [-0.3, -0.25) is 18.3 Å². The van der Waals surface area contributed by atoms with Gasteiger partial charge in [0.05, 0.1) is 6.54 Å². The van der Waals surface area contributed by atoms with Gasteiger partial charge in [0.25, 0.3) is 5.56 Å². The predicted molar refractivity (Wildman–Crippen MR) is 115 cm³/mol. The molecule has 152 valence electrons. The lowest BCUT2D eigenvalue weighted by atomic mass is 10.1. The highest BCUT2D eigenvalue weighted by Gasteiger charge is 2.22. The Morgan fingerprint density at radius 2 is 1.62 bits per heavy atom. The van der Waals surface area contributed by atoms with Crippen LogP contribution in [0.15, 0.2) is 33.9 Å². The van der Waals surface area contributed by atoms with Crippen molar-refractivity contribution in [2.45, 2.75) is 47.7 Å². The normalized spacial score (nSPS) is 12.0. The van der Waals surface area contributed by atoms with Gasteiger partial charge in [-0.25, -0.2) is 4.79 Å². The minimum Gasteiger partial charge on any atom is -0.314 e. The molecule has 3 aromatic heterocycles. The summed E-state index contributed by atoms with van der Waals surface area (Å²) in [4.78, 5) is 31.1. The molecule has 0 atom stereocenters. The highest BCUT2D eigenvalue weighted by atomic mass is 16.2. The number of fused-ring (bicyclic) bond motifs is 3. The molecule has 0 aliphatic heterocycles. The molecule has 1 aromatic carbocycles. The summed E-state index contributed by atoms with van der Waals surface area (Å²) in [7, 11) is 1.68. The summed E-state index contributed by atoms with van der Waals surface area (Å²) in [6, 6.07) is 7.87. The molecule has 0 saturated heterocycles. The summed E-state index contributed by atoms with van der Waals surface area (Å²) in [5.74, 6) is 1.15. The molecule has 0 unspecified atom stereocenters. The predicted octanol–water partition coefficient (Wildman–Crippen LogP) is 2.78. The van der Waals surface area contributed by atoms with E-state index in [2.05, 4.69) is 18.4 Å². The number of nitrogens with zero attached hydrogens (tertiary/aromatic N) is 5. The minimum absolute atomic E-state index is 0.236. The molecule has 0 bridgehead atoms. The first kappa shape index (κ1) is 19.2. The first-order chi connectivity index (χ1) is 13.7. The van der Waals surface area contributed by atoms with Crippen molar-refractivity contribution in [3.05, 3.63) is 67.6 Å². The first-order valence-electron chi connectivity index (χ1n) is 9.94. The fourth-order valence-electron chi connectivity index (χ4n) is 3.91. The van der Waals surface area contributed by atoms with Gasteiger partial charge >= 0.3 is 5.69 Å². The number of hydrogen-bond acceptors (Lipinski definition) is 3. The van der Waals surface area contributed by atoms with Gasteiger partial charge in [0.1, 0.15) is 0 Å². The van der Waals surface area contributed by atoms with Crippen LogP contribution >= 0.6 is 0 Å². The van der Waals surface area contributed by atoms with Gasteiger partial charge in [-0.2, -0.15) is 4.98 Å². The molecular formula is C22H27N5O2. The van der Waals surface area contributed by atoms with E-state index in [1.807, 2.05) is 49.4 Å². The van der Waals surface area contributed by atoms with E-state index in [1.165, 1.54) is 9.13 Å². The van der Waals surface area contributed by atoms with Gasteiger partial charge in [-0.05, 0) is 32.3 Å². The Labute approximate surface area is 168 Å². The maximum atomic E-state index is 13.4. The SMILES string of the molecule is Cc1ccc(Cn2c(=O)c3c(nc4n(CC(C)C)c(C)c(C)n34)n(C)c2=O)cc1. The minimum atomic E-state index is -0.353. The first-order valence-corrected chi connectivity index (χ1v) is 9.94. The van der Waals surface area contributed by atoms with Crippen molar-refractivity contribution in [1.29, 1.82) is 0 Å². The standard InChI is InChI=1S/C22H27N5O2/c1-13(2)11-25-15(4)16(5)27-18-19(23-21(25)27)24(6)22(29)26(20(18)28)12-17-9-7-14(3)8-10-17/h7-10,13H,11-12H2,1-6H3. The van der Waals surface area contributed by atoms with Crippen LogP contribution in [0.2, 0.25) is 0 Å². The van der Waals surface area contributed by atoms with E-state index in [4.69, 9.17) is 4.98 Å². The number of imidazole rings is 2. The van der Waals surface area contributed by atoms with E-state index < -0.39 is 0 Å². The second-order valence-electron chi connectivity index (χ2n) is 8.31. The molecule has 0 fully saturated rings. The third-order valence-electron chi connectivity index (χ3n) is 5.64. The van der Waals surface area contributed by atoms with Crippen LogP contribution in [-0.2, 0) is 20.1 Å². The van der Waals surface area contributed by atoms with Crippen LogP contribution in [0.1, 0.15) is 36.4 Å². The largest absolute Gasteiger partial charge is 0.332 e. The fraction of sp³-hybridized carbons (Fsp3) is 0.409. The Bertz CT molecular complexity index is 1350. The van der Waals surface area contributed by atoms with Crippen LogP contribution in [0.4, 0.5) is 0 Å². The zero-order chi connectivity index (χ0) is 21.0. The Morgan fingerprint density at radius 1 is 0.966 bits per heavy atom. The Kier molecular flexibility index (Phi) is 4.48. The molecule has 4 aromatic rings. The van der Waals surface area contributed by atoms with Gasteiger partial charge in [0.2, 0.25) is 5.78 Å². The lowest BCUT2D eigenvalue weighted by Gasteiger charge is -2.09. The molecule has 0 aliphatic carbocycles. The summed E-state index contributed by atoms with van der Waals surface area (Å²) in [5, 5.41) is 0. The lowest BCUT2D eigenvalue weighted by Crippen LogP contribution is -2.39. The van der Waals surface area contributed by atoms with Crippen LogP contribution < -0.4 is 11.2 Å². The van der Waals surface area contributed by atoms with Crippen molar-refractivity contribution in [1.82, 2.24) is 23.1 Å². The van der Waals surface area contributed by atoms with E-state index in [-0.39, 0.29) is 17.8 Å². The van der Waals surface area contributed by atoms with Crippen molar-refractivity contribution in [3.8, 4) is 0 Å². The molecule has 0 saturated carbocycles. The molecule has 0 spiro atoms. The Morgan fingerprint density at radius 3 is 2.24 bits per heavy atom. The molecule has 7 nitrogen and oxygen atoms in total. The summed E-state index contributed by atoms with van der Waals surface area (Å²) >= 11 is 0. The number of rotatable bonds is 4. The highest BCUT2D eigenvalue weighted by Crippen LogP contribution is 2.21. The third kappa shape index (κ3) is 2.92. The number of aryl methyl sites for hydroxylation is 3. The average molecular weight is 393 g/mol. The summed E-state index contributed by atoms with van der Waals surface area (Å²) in [5.41, 5.74) is 4.34. The molecule has 3 heterocycles. The topological polar surface area (TPSA) is 66.2 Å². The van der Waals surface area contributed by atoms with Gasteiger partial charge in [0.15, 0.2) is 11.2 Å². The molecule has 0 aliphatic rings. The lowest BCUT2D eigenvalue weighted by molar-refractivity contribution is 0.524. The van der Waals surface area contributed by atoms with Crippen molar-refractivity contribution in [3.63, 3.8) is 0 Å². The number of aromatic nitrogens is 5. The second-order valence-corrected chi connectivity index (χ2v) is 8.31. The molecule has 7 heteroatoms. The van der Waals surface area contributed by atoms with Crippen LogP contribution in [0.5, 0.6) is 0 Å². The molecule has 0 N–H and O–H groups in total. The Balaban J connectivity index is 2.03. The zero-order valence-electron chi connectivity index (χ0n) is 17.9.